The zero-order valence-corrected chi connectivity index (χ0v) is 25.7. The number of nitriles is 2. The van der Waals surface area contributed by atoms with Gasteiger partial charge in [-0.25, -0.2) is 9.97 Å². The molecule has 12 nitrogen and oxygen atoms in total. The highest BCUT2D eigenvalue weighted by atomic mass is 35.5. The van der Waals surface area contributed by atoms with Crippen molar-refractivity contribution in [2.24, 2.45) is 17.6 Å². The summed E-state index contributed by atoms with van der Waals surface area (Å²) < 4.78 is 0. The van der Waals surface area contributed by atoms with Crippen molar-refractivity contribution in [1.29, 1.82) is 10.5 Å². The van der Waals surface area contributed by atoms with Gasteiger partial charge in [-0.1, -0.05) is 34.8 Å². The van der Waals surface area contributed by atoms with Gasteiger partial charge in [-0.2, -0.15) is 10.5 Å². The molecule has 2 aromatic rings. The van der Waals surface area contributed by atoms with Gasteiger partial charge < -0.3 is 11.1 Å². The molecule has 0 radical (unpaired) electrons. The number of pyridine rings is 2. The minimum Gasteiger partial charge on any atom is -0.377 e. The highest BCUT2D eigenvalue weighted by molar-refractivity contribution is 6.35. The van der Waals surface area contributed by atoms with Crippen LogP contribution in [0.25, 0.3) is 0 Å². The van der Waals surface area contributed by atoms with Crippen molar-refractivity contribution in [1.82, 2.24) is 9.97 Å². The van der Waals surface area contributed by atoms with Gasteiger partial charge >= 0.3 is 11.4 Å². The van der Waals surface area contributed by atoms with E-state index in [9.17, 15) is 20.2 Å². The Hall–Kier alpha value is -3.00. The van der Waals surface area contributed by atoms with Crippen molar-refractivity contribution in [2.75, 3.05) is 5.32 Å². The van der Waals surface area contributed by atoms with E-state index in [0.717, 1.165) is 64.0 Å². The summed E-state index contributed by atoms with van der Waals surface area (Å²) in [6.07, 6.45) is 11.8. The van der Waals surface area contributed by atoms with E-state index in [4.69, 9.17) is 51.1 Å². The second-order valence-corrected chi connectivity index (χ2v) is 11.0. The lowest BCUT2D eigenvalue weighted by molar-refractivity contribution is -0.385. The first kappa shape index (κ1) is 37.0. The van der Waals surface area contributed by atoms with Gasteiger partial charge in [0.25, 0.3) is 0 Å². The van der Waals surface area contributed by atoms with Crippen molar-refractivity contribution in [3.63, 3.8) is 0 Å². The third-order valence-electron chi connectivity index (χ3n) is 6.90. The van der Waals surface area contributed by atoms with E-state index in [1.165, 1.54) is 18.3 Å². The van der Waals surface area contributed by atoms with Crippen molar-refractivity contribution >= 4 is 64.3 Å². The number of nitrogens with zero attached hydrogens (tertiary/aromatic N) is 6. The lowest BCUT2D eigenvalue weighted by atomic mass is 9.84. The quantitative estimate of drug-likeness (QED) is 0.176. The van der Waals surface area contributed by atoms with E-state index < -0.39 is 9.85 Å². The fourth-order valence-electron chi connectivity index (χ4n) is 4.60. The van der Waals surface area contributed by atoms with Crippen molar-refractivity contribution in [3.05, 3.63) is 60.1 Å². The fourth-order valence-corrected chi connectivity index (χ4v) is 5.19. The van der Waals surface area contributed by atoms with Gasteiger partial charge in [0.05, 0.1) is 22.0 Å². The molecule has 0 bridgehead atoms. The van der Waals surface area contributed by atoms with Crippen molar-refractivity contribution in [2.45, 2.75) is 76.3 Å². The summed E-state index contributed by atoms with van der Waals surface area (Å²) >= 11 is 16.7. The number of hydrogen-bond acceptors (Lipinski definition) is 10. The first-order valence-electron chi connectivity index (χ1n) is 13.0. The number of halogens is 4. The number of nitrogens with two attached hydrogens (primary N) is 1. The number of aromatic nitrogens is 2. The lowest BCUT2D eigenvalue weighted by Gasteiger charge is -2.28. The van der Waals surface area contributed by atoms with E-state index >= 15 is 0 Å². The molecule has 0 spiro atoms. The first-order chi connectivity index (χ1) is 19.5. The van der Waals surface area contributed by atoms with Crippen molar-refractivity contribution in [3.8, 4) is 12.1 Å². The molecule has 228 valence electrons. The Balaban J connectivity index is 0.000000341. The van der Waals surface area contributed by atoms with Gasteiger partial charge in [0.2, 0.25) is 0 Å². The molecule has 0 atom stereocenters. The zero-order chi connectivity index (χ0) is 30.4. The standard InChI is InChI=1S/C13H15ClN4O2.C8H14N2.C5H2Cl2N2O2.ClH/c14-13-7-11(12(8-16-13)18(19)20)17-10-3-1-9(2-4-10)5-6-15;9-6-5-7-1-3-8(10)4-2-7;6-3-1-5(7)8-2-4(3)9(10)11;/h7-10H,1-5H2,(H,16,17);7-8H,1-5,10H2;1-2H;1H. The normalized spacial score (nSPS) is 20.9. The molecule has 2 aliphatic rings. The molecule has 0 aliphatic heterocycles. The first-order valence-corrected chi connectivity index (χ1v) is 14.2. The van der Waals surface area contributed by atoms with Gasteiger partial charge in [0.15, 0.2) is 0 Å². The van der Waals surface area contributed by atoms with Gasteiger partial charge in [0.1, 0.15) is 33.4 Å². The molecular weight excluding hydrogens is 630 g/mol. The van der Waals surface area contributed by atoms with Crippen LogP contribution in [0.15, 0.2) is 24.5 Å². The minimum atomic E-state index is -0.619. The smallest absolute Gasteiger partial charge is 0.310 e. The maximum atomic E-state index is 11.0. The SMILES string of the molecule is Cl.N#CCC1CCC(N)CC1.N#CCC1CCC(Nc2cc(Cl)ncc2[N+](=O)[O-])CC1.O=[N+]([O-])c1cnc(Cl)cc1Cl. The molecule has 0 unspecified atom stereocenters. The Labute approximate surface area is 265 Å². The lowest BCUT2D eigenvalue weighted by Crippen LogP contribution is -2.26. The maximum Gasteiger partial charge on any atom is 0.310 e. The van der Waals surface area contributed by atoms with Gasteiger partial charge in [-0.3, -0.25) is 20.2 Å². The van der Waals surface area contributed by atoms with E-state index in [1.54, 1.807) is 0 Å². The van der Waals surface area contributed by atoms with E-state index in [-0.39, 0.29) is 45.2 Å². The molecule has 2 aliphatic carbocycles. The average Bonchev–Trinajstić information content (AvgIpc) is 2.92. The average molecular weight is 662 g/mol. The molecule has 0 aromatic carbocycles. The van der Waals surface area contributed by atoms with Crippen LogP contribution < -0.4 is 11.1 Å². The predicted octanol–water partition coefficient (Wildman–Crippen LogP) is 7.66. The molecule has 16 heteroatoms. The third kappa shape index (κ3) is 12.9. The Bertz CT molecular complexity index is 1260. The second kappa shape index (κ2) is 19.2. The van der Waals surface area contributed by atoms with Crippen LogP contribution in [0, 0.1) is 54.7 Å². The summed E-state index contributed by atoms with van der Waals surface area (Å²) in [5.41, 5.74) is 5.82. The maximum absolute atomic E-state index is 11.0. The highest BCUT2D eigenvalue weighted by Gasteiger charge is 2.24. The molecule has 4 rings (SSSR count). The van der Waals surface area contributed by atoms with Gasteiger partial charge in [0, 0.05) is 37.1 Å². The third-order valence-corrected chi connectivity index (χ3v) is 7.62. The Morgan fingerprint density at radius 1 is 0.833 bits per heavy atom. The summed E-state index contributed by atoms with van der Waals surface area (Å²) in [6, 6.07) is 7.71. The molecule has 3 N–H and O–H groups in total. The van der Waals surface area contributed by atoms with Gasteiger partial charge in [-0.15, -0.1) is 12.4 Å². The molecular formula is C26H32Cl4N8O4. The predicted molar refractivity (Wildman–Crippen MR) is 164 cm³/mol. The Kier molecular flexibility index (Phi) is 17.0. The van der Waals surface area contributed by atoms with Crippen LogP contribution in [0.1, 0.15) is 64.2 Å². The van der Waals surface area contributed by atoms with Crippen LogP contribution in [-0.4, -0.2) is 31.9 Å². The highest BCUT2D eigenvalue weighted by Crippen LogP contribution is 2.32. The Morgan fingerprint density at radius 3 is 1.74 bits per heavy atom. The minimum absolute atomic E-state index is 0. The zero-order valence-electron chi connectivity index (χ0n) is 22.6. The largest absolute Gasteiger partial charge is 0.377 e. The van der Waals surface area contributed by atoms with Crippen LogP contribution in [-0.2, 0) is 0 Å². The summed E-state index contributed by atoms with van der Waals surface area (Å²) in [7, 11) is 0. The van der Waals surface area contributed by atoms with Crippen LogP contribution in [0.4, 0.5) is 17.1 Å². The number of nitro groups is 2. The molecule has 2 saturated carbocycles. The number of hydrogen-bond donors (Lipinski definition) is 2. The number of anilines is 1. The monoisotopic (exact) mass is 660 g/mol. The topological polar surface area (TPSA) is 198 Å². The summed E-state index contributed by atoms with van der Waals surface area (Å²) in [5, 5.41) is 41.8. The van der Waals surface area contributed by atoms with E-state index in [1.807, 2.05) is 0 Å². The molecule has 2 fully saturated rings. The molecule has 2 aromatic heterocycles. The molecule has 42 heavy (non-hydrogen) atoms. The van der Waals surface area contributed by atoms with Crippen LogP contribution in [0.2, 0.25) is 15.3 Å². The van der Waals surface area contributed by atoms with Crippen LogP contribution in [0.5, 0.6) is 0 Å². The van der Waals surface area contributed by atoms with E-state index in [2.05, 4.69) is 27.4 Å². The summed E-state index contributed by atoms with van der Waals surface area (Å²) in [4.78, 5) is 27.3. The molecule has 2 heterocycles. The molecule has 0 amide bonds. The summed E-state index contributed by atoms with van der Waals surface area (Å²) in [6.45, 7) is 0. The van der Waals surface area contributed by atoms with E-state index in [0.29, 0.717) is 30.0 Å². The number of rotatable bonds is 6. The summed E-state index contributed by atoms with van der Waals surface area (Å²) in [5.74, 6) is 1.10. The Morgan fingerprint density at radius 2 is 1.29 bits per heavy atom. The van der Waals surface area contributed by atoms with Crippen molar-refractivity contribution < 1.29 is 9.85 Å². The van der Waals surface area contributed by atoms with Crippen LogP contribution in [0.3, 0.4) is 0 Å². The van der Waals surface area contributed by atoms with Gasteiger partial charge in [-0.05, 0) is 63.2 Å². The second-order valence-electron chi connectivity index (χ2n) is 9.86. The number of nitrogens with one attached hydrogen (secondary N) is 1. The fraction of sp³-hybridized carbons (Fsp3) is 0.538. The molecule has 0 saturated heterocycles. The van der Waals surface area contributed by atoms with Crippen LogP contribution >= 0.6 is 47.2 Å².